The third kappa shape index (κ3) is 5.42. The van der Waals surface area contributed by atoms with Gasteiger partial charge in [0, 0.05) is 0 Å². The molecule has 23 heavy (non-hydrogen) atoms. The third-order valence-electron chi connectivity index (χ3n) is 3.15. The van der Waals surface area contributed by atoms with Crippen LogP contribution in [0.2, 0.25) is 0 Å². The molecule has 2 rings (SSSR count). The van der Waals surface area contributed by atoms with Gasteiger partial charge in [0.2, 0.25) is 0 Å². The minimum absolute atomic E-state index is 0.435. The third-order valence-corrected chi connectivity index (χ3v) is 3.15. The highest BCUT2D eigenvalue weighted by molar-refractivity contribution is 5.77. The Labute approximate surface area is 137 Å². The van der Waals surface area contributed by atoms with Gasteiger partial charge in [-0.15, -0.1) is 0 Å². The van der Waals surface area contributed by atoms with Crippen LogP contribution in [0, 0.1) is 0 Å². The molecule has 0 aliphatic carbocycles. The average molecular weight is 313 g/mol. The van der Waals surface area contributed by atoms with Gasteiger partial charge in [0.15, 0.2) is 0 Å². The molecule has 122 valence electrons. The van der Waals surface area contributed by atoms with Crippen LogP contribution in [0.4, 0.5) is 0 Å². The maximum atomic E-state index is 12.0. The van der Waals surface area contributed by atoms with Gasteiger partial charge < -0.3 is 15.2 Å². The van der Waals surface area contributed by atoms with E-state index in [1.807, 2.05) is 63.2 Å². The van der Waals surface area contributed by atoms with E-state index in [4.69, 9.17) is 15.2 Å². The minimum atomic E-state index is -0.794. The summed E-state index contributed by atoms with van der Waals surface area (Å²) in [5, 5.41) is 0. The molecule has 0 aliphatic heterocycles. The van der Waals surface area contributed by atoms with E-state index < -0.39 is 17.6 Å². The zero-order valence-corrected chi connectivity index (χ0v) is 13.8. The molecule has 0 fully saturated rings. The van der Waals surface area contributed by atoms with Gasteiger partial charge in [0.1, 0.15) is 24.0 Å². The highest BCUT2D eigenvalue weighted by Crippen LogP contribution is 2.20. The van der Waals surface area contributed by atoms with E-state index in [0.717, 1.165) is 11.3 Å². The molecule has 0 aliphatic rings. The number of esters is 1. The smallest absolute Gasteiger partial charge is 0.328 e. The lowest BCUT2D eigenvalue weighted by atomic mass is 10.1. The van der Waals surface area contributed by atoms with E-state index in [-0.39, 0.29) is 0 Å². The molecular formula is C19H23NO3. The lowest BCUT2D eigenvalue weighted by Crippen LogP contribution is -2.31. The second-order valence-electron chi connectivity index (χ2n) is 6.35. The Kier molecular flexibility index (Phi) is 5.40. The topological polar surface area (TPSA) is 61.5 Å². The van der Waals surface area contributed by atoms with Gasteiger partial charge in [-0.05, 0) is 44.0 Å². The predicted molar refractivity (Wildman–Crippen MR) is 90.0 cm³/mol. The Bertz CT molecular complexity index is 630. The number of hydrogen-bond acceptors (Lipinski definition) is 4. The van der Waals surface area contributed by atoms with Gasteiger partial charge in [0.05, 0.1) is 0 Å². The van der Waals surface area contributed by atoms with Crippen LogP contribution < -0.4 is 10.5 Å². The largest absolute Gasteiger partial charge is 0.489 e. The number of ether oxygens (including phenoxy) is 2. The summed E-state index contributed by atoms with van der Waals surface area (Å²) >= 11 is 0. The maximum Gasteiger partial charge on any atom is 0.328 e. The molecule has 2 aromatic carbocycles. The first-order valence-corrected chi connectivity index (χ1v) is 7.60. The van der Waals surface area contributed by atoms with Gasteiger partial charge in [-0.25, -0.2) is 4.79 Å². The van der Waals surface area contributed by atoms with Crippen LogP contribution in [0.1, 0.15) is 37.9 Å². The predicted octanol–water partition coefficient (Wildman–Crippen LogP) is 3.61. The number of rotatable bonds is 5. The molecule has 4 heteroatoms. The first-order chi connectivity index (χ1) is 10.8. The normalized spacial score (nSPS) is 12.5. The van der Waals surface area contributed by atoms with E-state index >= 15 is 0 Å². The number of carbonyl (C=O) groups excluding carboxylic acids is 1. The van der Waals surface area contributed by atoms with Gasteiger partial charge in [0.25, 0.3) is 0 Å². The number of benzene rings is 2. The second-order valence-corrected chi connectivity index (χ2v) is 6.35. The number of hydrogen-bond donors (Lipinski definition) is 1. The van der Waals surface area contributed by atoms with Crippen LogP contribution >= 0.6 is 0 Å². The molecule has 0 saturated carbocycles. The van der Waals surface area contributed by atoms with Crippen LogP contribution in [0.5, 0.6) is 5.75 Å². The Morgan fingerprint density at radius 3 is 2.22 bits per heavy atom. The molecule has 0 heterocycles. The SMILES string of the molecule is CC(C)(C)OC(=O)[C@@H](N)c1ccc(OCc2ccccc2)cc1. The van der Waals surface area contributed by atoms with Crippen LogP contribution in [0.25, 0.3) is 0 Å². The highest BCUT2D eigenvalue weighted by atomic mass is 16.6. The Morgan fingerprint density at radius 1 is 1.04 bits per heavy atom. The van der Waals surface area contributed by atoms with Gasteiger partial charge in [-0.3, -0.25) is 0 Å². The van der Waals surface area contributed by atoms with Crippen LogP contribution in [-0.2, 0) is 16.1 Å². The fourth-order valence-electron chi connectivity index (χ4n) is 2.01. The second kappa shape index (κ2) is 7.29. The van der Waals surface area contributed by atoms with E-state index in [1.165, 1.54) is 0 Å². The fraction of sp³-hybridized carbons (Fsp3) is 0.316. The molecule has 0 bridgehead atoms. The average Bonchev–Trinajstić information content (AvgIpc) is 2.52. The molecule has 0 unspecified atom stereocenters. The summed E-state index contributed by atoms with van der Waals surface area (Å²) in [6.45, 7) is 5.95. The highest BCUT2D eigenvalue weighted by Gasteiger charge is 2.23. The molecule has 2 aromatic rings. The zero-order chi connectivity index (χ0) is 16.9. The van der Waals surface area contributed by atoms with Crippen molar-refractivity contribution < 1.29 is 14.3 Å². The molecule has 0 radical (unpaired) electrons. The Balaban J connectivity index is 1.95. The van der Waals surface area contributed by atoms with Crippen molar-refractivity contribution in [1.29, 1.82) is 0 Å². The molecule has 0 amide bonds. The molecule has 1 atom stereocenters. The summed E-state index contributed by atoms with van der Waals surface area (Å²) in [6, 6.07) is 16.3. The lowest BCUT2D eigenvalue weighted by Gasteiger charge is -2.22. The van der Waals surface area contributed by atoms with Crippen molar-refractivity contribution in [3.05, 3.63) is 65.7 Å². The van der Waals surface area contributed by atoms with E-state index in [9.17, 15) is 4.79 Å². The van der Waals surface area contributed by atoms with Gasteiger partial charge >= 0.3 is 5.97 Å². The van der Waals surface area contributed by atoms with E-state index in [2.05, 4.69) is 0 Å². The molecule has 2 N–H and O–H groups in total. The molecule has 0 spiro atoms. The number of carbonyl (C=O) groups is 1. The summed E-state index contributed by atoms with van der Waals surface area (Å²) in [6.07, 6.45) is 0. The van der Waals surface area contributed by atoms with Crippen LogP contribution in [-0.4, -0.2) is 11.6 Å². The Morgan fingerprint density at radius 2 is 1.65 bits per heavy atom. The molecule has 0 saturated heterocycles. The summed E-state index contributed by atoms with van der Waals surface area (Å²) in [5.74, 6) is 0.296. The van der Waals surface area contributed by atoms with Crippen LogP contribution in [0.3, 0.4) is 0 Å². The summed E-state index contributed by atoms with van der Waals surface area (Å²) in [7, 11) is 0. The lowest BCUT2D eigenvalue weighted by molar-refractivity contribution is -0.156. The fourth-order valence-corrected chi connectivity index (χ4v) is 2.01. The summed E-state index contributed by atoms with van der Waals surface area (Å²) < 4.78 is 11.0. The Hall–Kier alpha value is -2.33. The monoisotopic (exact) mass is 313 g/mol. The van der Waals surface area contributed by atoms with Gasteiger partial charge in [-0.2, -0.15) is 0 Å². The first kappa shape index (κ1) is 17.0. The quantitative estimate of drug-likeness (QED) is 0.857. The van der Waals surface area contributed by atoms with Gasteiger partial charge in [-0.1, -0.05) is 42.5 Å². The van der Waals surface area contributed by atoms with Crippen molar-refractivity contribution in [3.63, 3.8) is 0 Å². The van der Waals surface area contributed by atoms with Crippen molar-refractivity contribution in [2.24, 2.45) is 5.73 Å². The van der Waals surface area contributed by atoms with Crippen molar-refractivity contribution in [2.75, 3.05) is 0 Å². The maximum absolute atomic E-state index is 12.0. The van der Waals surface area contributed by atoms with Crippen molar-refractivity contribution in [2.45, 2.75) is 39.0 Å². The zero-order valence-electron chi connectivity index (χ0n) is 13.8. The van der Waals surface area contributed by atoms with Crippen LogP contribution in [0.15, 0.2) is 54.6 Å². The molecule has 0 aromatic heterocycles. The summed E-state index contributed by atoms with van der Waals surface area (Å²) in [4.78, 5) is 12.0. The molecular weight excluding hydrogens is 290 g/mol. The first-order valence-electron chi connectivity index (χ1n) is 7.60. The van der Waals surface area contributed by atoms with E-state index in [0.29, 0.717) is 12.2 Å². The van der Waals surface area contributed by atoms with Crippen molar-refractivity contribution in [3.8, 4) is 5.75 Å². The molecule has 4 nitrogen and oxygen atoms in total. The number of nitrogens with two attached hydrogens (primary N) is 1. The minimum Gasteiger partial charge on any atom is -0.489 e. The standard InChI is InChI=1S/C19H23NO3/c1-19(2,3)23-18(21)17(20)15-9-11-16(12-10-15)22-13-14-7-5-4-6-8-14/h4-12,17H,13,20H2,1-3H3/t17-/m0/s1. The van der Waals surface area contributed by atoms with Crippen molar-refractivity contribution >= 4 is 5.97 Å². The van der Waals surface area contributed by atoms with E-state index in [1.54, 1.807) is 12.1 Å². The summed E-state index contributed by atoms with van der Waals surface area (Å²) in [5.41, 5.74) is 7.20. The van der Waals surface area contributed by atoms with Crippen molar-refractivity contribution in [1.82, 2.24) is 0 Å².